The molecule has 0 fully saturated rings. The van der Waals surface area contributed by atoms with E-state index in [-0.39, 0.29) is 18.3 Å². The van der Waals surface area contributed by atoms with Gasteiger partial charge < -0.3 is 9.42 Å². The van der Waals surface area contributed by atoms with Gasteiger partial charge in [-0.1, -0.05) is 27.2 Å². The van der Waals surface area contributed by atoms with Crippen molar-refractivity contribution in [3.63, 3.8) is 0 Å². The number of rotatable bonds is 7. The lowest BCUT2D eigenvalue weighted by Crippen LogP contribution is -2.26. The molecule has 0 spiro atoms. The second-order valence-electron chi connectivity index (χ2n) is 5.83. The van der Waals surface area contributed by atoms with E-state index in [4.69, 9.17) is 4.52 Å². The molecular weight excluding hydrogens is 421 g/mol. The Morgan fingerprint density at radius 3 is 3.00 bits per heavy atom. The molecule has 3 aromatic rings. The lowest BCUT2D eigenvalue weighted by atomic mass is 10.2. The number of nitrogens with zero attached hydrogens (tertiary/aromatic N) is 3. The Morgan fingerprint density at radius 1 is 1.38 bits per heavy atom. The molecule has 0 saturated heterocycles. The zero-order chi connectivity index (χ0) is 18.5. The molecule has 0 saturated carbocycles. The first-order valence-electron chi connectivity index (χ1n) is 8.07. The molecule has 0 bridgehead atoms. The first-order chi connectivity index (χ1) is 12.5. The Balaban J connectivity index is 1.48. The molecule has 8 heteroatoms. The third-order valence-electron chi connectivity index (χ3n) is 3.83. The molecule has 0 N–H and O–H groups in total. The average Bonchev–Trinajstić information content (AvgIpc) is 3.29. The topological polar surface area (TPSA) is 59.2 Å². The zero-order valence-electron chi connectivity index (χ0n) is 14.1. The van der Waals surface area contributed by atoms with E-state index in [0.29, 0.717) is 36.5 Å². The molecule has 2 heterocycles. The van der Waals surface area contributed by atoms with Crippen LogP contribution in [0.15, 0.2) is 44.7 Å². The van der Waals surface area contributed by atoms with E-state index in [1.807, 2.05) is 17.5 Å². The predicted molar refractivity (Wildman–Crippen MR) is 101 cm³/mol. The van der Waals surface area contributed by atoms with Crippen molar-refractivity contribution in [2.45, 2.75) is 25.8 Å². The van der Waals surface area contributed by atoms with Crippen LogP contribution in [0.3, 0.4) is 0 Å². The van der Waals surface area contributed by atoms with Crippen LogP contribution < -0.4 is 0 Å². The number of aryl methyl sites for hydroxylation is 1. The Kier molecular flexibility index (Phi) is 6.16. The van der Waals surface area contributed by atoms with E-state index in [0.717, 1.165) is 9.35 Å². The fourth-order valence-electron chi connectivity index (χ4n) is 2.45. The third kappa shape index (κ3) is 4.76. The molecule has 0 radical (unpaired) electrons. The van der Waals surface area contributed by atoms with Crippen molar-refractivity contribution in [1.82, 2.24) is 15.0 Å². The van der Waals surface area contributed by atoms with Gasteiger partial charge in [0.15, 0.2) is 0 Å². The fraction of sp³-hybridized carbons (Fsp3) is 0.278. The highest BCUT2D eigenvalue weighted by Crippen LogP contribution is 2.22. The minimum atomic E-state index is -0.320. The summed E-state index contributed by atoms with van der Waals surface area (Å²) >= 11 is 4.86. The number of benzene rings is 1. The third-order valence-corrected chi connectivity index (χ3v) is 5.19. The standard InChI is InChI=1S/C18H17BrFN3O2S/c1-23(11-12-10-13(19)7-8-14(12)20)17(24)6-2-5-16-21-18(22-25-16)15-4-3-9-26-15/h3-4,7-10H,2,5-6,11H2,1H3. The van der Waals surface area contributed by atoms with Gasteiger partial charge in [0.25, 0.3) is 0 Å². The van der Waals surface area contributed by atoms with Gasteiger partial charge in [0, 0.05) is 36.5 Å². The smallest absolute Gasteiger partial charge is 0.226 e. The van der Waals surface area contributed by atoms with Crippen molar-refractivity contribution < 1.29 is 13.7 Å². The number of thiophene rings is 1. The summed E-state index contributed by atoms with van der Waals surface area (Å²) in [5.74, 6) is 0.715. The maximum atomic E-state index is 13.8. The van der Waals surface area contributed by atoms with E-state index in [1.54, 1.807) is 30.5 Å². The summed E-state index contributed by atoms with van der Waals surface area (Å²) in [7, 11) is 1.67. The normalized spacial score (nSPS) is 10.9. The van der Waals surface area contributed by atoms with Gasteiger partial charge in [0.2, 0.25) is 17.6 Å². The van der Waals surface area contributed by atoms with Crippen LogP contribution in [0.4, 0.5) is 4.39 Å². The largest absolute Gasteiger partial charge is 0.341 e. The van der Waals surface area contributed by atoms with E-state index < -0.39 is 0 Å². The highest BCUT2D eigenvalue weighted by Gasteiger charge is 2.14. The minimum absolute atomic E-state index is 0.0534. The Labute approximate surface area is 163 Å². The number of hydrogen-bond donors (Lipinski definition) is 0. The van der Waals surface area contributed by atoms with Gasteiger partial charge in [-0.15, -0.1) is 11.3 Å². The minimum Gasteiger partial charge on any atom is -0.341 e. The van der Waals surface area contributed by atoms with E-state index in [2.05, 4.69) is 26.1 Å². The van der Waals surface area contributed by atoms with Crippen LogP contribution in [-0.4, -0.2) is 28.0 Å². The second kappa shape index (κ2) is 8.55. The summed E-state index contributed by atoms with van der Waals surface area (Å²) in [6.07, 6.45) is 1.46. The molecule has 1 aromatic carbocycles. The Bertz CT molecular complexity index is 882. The lowest BCUT2D eigenvalue weighted by molar-refractivity contribution is -0.130. The van der Waals surface area contributed by atoms with Gasteiger partial charge in [-0.2, -0.15) is 4.98 Å². The van der Waals surface area contributed by atoms with Crippen molar-refractivity contribution in [3.8, 4) is 10.7 Å². The van der Waals surface area contributed by atoms with E-state index in [1.165, 1.54) is 11.0 Å². The van der Waals surface area contributed by atoms with Crippen LogP contribution in [0.2, 0.25) is 0 Å². The molecular formula is C18H17BrFN3O2S. The van der Waals surface area contributed by atoms with Crippen molar-refractivity contribution in [1.29, 1.82) is 0 Å². The van der Waals surface area contributed by atoms with Crippen molar-refractivity contribution >= 4 is 33.2 Å². The van der Waals surface area contributed by atoms with Crippen LogP contribution in [0, 0.1) is 5.82 Å². The average molecular weight is 438 g/mol. The zero-order valence-corrected chi connectivity index (χ0v) is 16.5. The van der Waals surface area contributed by atoms with Crippen LogP contribution in [-0.2, 0) is 17.8 Å². The maximum absolute atomic E-state index is 13.8. The second-order valence-corrected chi connectivity index (χ2v) is 7.69. The van der Waals surface area contributed by atoms with Gasteiger partial charge in [0.1, 0.15) is 5.82 Å². The molecule has 5 nitrogen and oxygen atoms in total. The molecule has 0 aliphatic carbocycles. The SMILES string of the molecule is CN(Cc1cc(Br)ccc1F)C(=O)CCCc1nc(-c2cccs2)no1. The summed E-state index contributed by atoms with van der Waals surface area (Å²) in [5, 5.41) is 5.90. The number of hydrogen-bond acceptors (Lipinski definition) is 5. The predicted octanol–water partition coefficient (Wildman–Crippen LogP) is 4.68. The molecule has 3 rings (SSSR count). The molecule has 136 valence electrons. The highest BCUT2D eigenvalue weighted by atomic mass is 79.9. The van der Waals surface area contributed by atoms with Gasteiger partial charge in [-0.3, -0.25) is 4.79 Å². The first-order valence-corrected chi connectivity index (χ1v) is 9.74. The van der Waals surface area contributed by atoms with Gasteiger partial charge >= 0.3 is 0 Å². The maximum Gasteiger partial charge on any atom is 0.226 e. The van der Waals surface area contributed by atoms with Crippen molar-refractivity contribution in [2.24, 2.45) is 0 Å². The van der Waals surface area contributed by atoms with E-state index in [9.17, 15) is 9.18 Å². The van der Waals surface area contributed by atoms with Crippen LogP contribution in [0.1, 0.15) is 24.3 Å². The summed E-state index contributed by atoms with van der Waals surface area (Å²) < 4.78 is 19.8. The number of carbonyl (C=O) groups is 1. The molecule has 1 amide bonds. The quantitative estimate of drug-likeness (QED) is 0.538. The Morgan fingerprint density at radius 2 is 2.23 bits per heavy atom. The van der Waals surface area contributed by atoms with Crippen LogP contribution in [0.25, 0.3) is 10.7 Å². The van der Waals surface area contributed by atoms with Gasteiger partial charge in [-0.25, -0.2) is 4.39 Å². The summed E-state index contributed by atoms with van der Waals surface area (Å²) in [6.45, 7) is 0.229. The monoisotopic (exact) mass is 437 g/mol. The molecule has 0 aliphatic rings. The lowest BCUT2D eigenvalue weighted by Gasteiger charge is -2.17. The van der Waals surface area contributed by atoms with Crippen molar-refractivity contribution in [2.75, 3.05) is 7.05 Å². The van der Waals surface area contributed by atoms with Gasteiger partial charge in [0.05, 0.1) is 4.88 Å². The molecule has 0 atom stereocenters. The van der Waals surface area contributed by atoms with E-state index >= 15 is 0 Å². The summed E-state index contributed by atoms with van der Waals surface area (Å²) in [5.41, 5.74) is 0.479. The molecule has 0 unspecified atom stereocenters. The number of halogens is 2. The highest BCUT2D eigenvalue weighted by molar-refractivity contribution is 9.10. The number of carbonyl (C=O) groups excluding carboxylic acids is 1. The Hall–Kier alpha value is -2.06. The number of aromatic nitrogens is 2. The van der Waals surface area contributed by atoms with Crippen LogP contribution in [0.5, 0.6) is 0 Å². The fourth-order valence-corrected chi connectivity index (χ4v) is 3.51. The van der Waals surface area contributed by atoms with Crippen molar-refractivity contribution in [3.05, 3.63) is 57.5 Å². The first kappa shape index (κ1) is 18.7. The molecule has 2 aromatic heterocycles. The molecule has 0 aliphatic heterocycles. The van der Waals surface area contributed by atoms with Crippen LogP contribution >= 0.6 is 27.3 Å². The summed E-state index contributed by atoms with van der Waals surface area (Å²) in [6, 6.07) is 8.56. The van der Waals surface area contributed by atoms with Gasteiger partial charge in [-0.05, 0) is 36.1 Å². The molecule has 26 heavy (non-hydrogen) atoms. The summed E-state index contributed by atoms with van der Waals surface area (Å²) in [4.78, 5) is 19.1. The number of amides is 1.